The average Bonchev–Trinajstić information content (AvgIpc) is 2.73. The van der Waals surface area contributed by atoms with Crippen LogP contribution in [-0.2, 0) is 14.8 Å². The minimum Gasteiger partial charge on any atom is -0.489 e. The van der Waals surface area contributed by atoms with Crippen molar-refractivity contribution in [2.75, 3.05) is 26.7 Å². The number of nitriles is 1. The number of carbonyl (C=O) groups excluding carboxylic acids is 1. The third-order valence-electron chi connectivity index (χ3n) is 3.94. The second-order valence-corrected chi connectivity index (χ2v) is 9.05. The lowest BCUT2D eigenvalue weighted by Gasteiger charge is -2.18. The molecule has 2 aromatic rings. The van der Waals surface area contributed by atoms with Gasteiger partial charge in [-0.1, -0.05) is 29.3 Å². The molecule has 0 aromatic heterocycles. The minimum atomic E-state index is -3.90. The molecule has 2 N–H and O–H groups in total. The maximum absolute atomic E-state index is 12.5. The first kappa shape index (κ1) is 23.9. The van der Waals surface area contributed by atoms with Crippen molar-refractivity contribution in [3.05, 3.63) is 58.1 Å². The predicted molar refractivity (Wildman–Crippen MR) is 112 cm³/mol. The highest BCUT2D eigenvalue weighted by Crippen LogP contribution is 2.31. The molecule has 0 bridgehead atoms. The molecule has 1 amide bonds. The first-order valence-electron chi connectivity index (χ1n) is 8.63. The van der Waals surface area contributed by atoms with E-state index in [2.05, 4.69) is 5.32 Å². The zero-order valence-electron chi connectivity index (χ0n) is 15.9. The molecule has 30 heavy (non-hydrogen) atoms. The van der Waals surface area contributed by atoms with E-state index in [1.165, 1.54) is 31.3 Å². The van der Waals surface area contributed by atoms with E-state index in [-0.39, 0.29) is 23.1 Å². The number of aliphatic hydroxyl groups excluding tert-OH is 1. The number of hydrogen-bond acceptors (Lipinski definition) is 6. The van der Waals surface area contributed by atoms with E-state index in [1.807, 2.05) is 6.07 Å². The van der Waals surface area contributed by atoms with Gasteiger partial charge in [-0.05, 0) is 36.4 Å². The predicted octanol–water partition coefficient (Wildman–Crippen LogP) is 2.04. The Labute approximate surface area is 184 Å². The van der Waals surface area contributed by atoms with Gasteiger partial charge in [0.2, 0.25) is 15.9 Å². The van der Waals surface area contributed by atoms with Crippen molar-refractivity contribution < 1.29 is 23.1 Å². The van der Waals surface area contributed by atoms with Crippen LogP contribution in [0.4, 0.5) is 0 Å². The Morgan fingerprint density at radius 3 is 2.57 bits per heavy atom. The number of hydrogen-bond donors (Lipinski definition) is 2. The van der Waals surface area contributed by atoms with E-state index in [1.54, 1.807) is 18.2 Å². The van der Waals surface area contributed by atoms with E-state index in [4.69, 9.17) is 33.2 Å². The van der Waals surface area contributed by atoms with E-state index in [0.29, 0.717) is 16.3 Å². The van der Waals surface area contributed by atoms with Gasteiger partial charge in [0, 0.05) is 13.6 Å². The quantitative estimate of drug-likeness (QED) is 0.577. The van der Waals surface area contributed by atoms with Gasteiger partial charge >= 0.3 is 0 Å². The molecule has 11 heteroatoms. The van der Waals surface area contributed by atoms with Gasteiger partial charge in [0.05, 0.1) is 28.1 Å². The lowest BCUT2D eigenvalue weighted by Crippen LogP contribution is -2.42. The van der Waals surface area contributed by atoms with Crippen molar-refractivity contribution in [1.29, 1.82) is 5.26 Å². The van der Waals surface area contributed by atoms with Gasteiger partial charge in [0.1, 0.15) is 23.5 Å². The number of ether oxygens (including phenoxy) is 1. The topological polar surface area (TPSA) is 120 Å². The molecule has 2 aromatic carbocycles. The highest BCUT2D eigenvalue weighted by atomic mass is 35.5. The summed E-state index contributed by atoms with van der Waals surface area (Å²) in [6.45, 7) is -0.752. The number of likely N-dealkylation sites (N-methyl/N-ethyl adjacent to an activating group) is 1. The summed E-state index contributed by atoms with van der Waals surface area (Å²) < 4.78 is 31.2. The van der Waals surface area contributed by atoms with Crippen LogP contribution >= 0.6 is 23.2 Å². The number of benzene rings is 2. The van der Waals surface area contributed by atoms with Gasteiger partial charge in [-0.25, -0.2) is 8.42 Å². The maximum Gasteiger partial charge on any atom is 0.243 e. The van der Waals surface area contributed by atoms with Crippen molar-refractivity contribution in [3.63, 3.8) is 0 Å². The van der Waals surface area contributed by atoms with Crippen LogP contribution in [0.3, 0.4) is 0 Å². The van der Waals surface area contributed by atoms with Crippen molar-refractivity contribution in [2.45, 2.75) is 11.0 Å². The van der Waals surface area contributed by atoms with Gasteiger partial charge in [-0.3, -0.25) is 4.79 Å². The zero-order chi connectivity index (χ0) is 22.3. The molecule has 1 atom stereocenters. The average molecular weight is 472 g/mol. The van der Waals surface area contributed by atoms with Crippen molar-refractivity contribution in [1.82, 2.24) is 9.62 Å². The maximum atomic E-state index is 12.5. The van der Waals surface area contributed by atoms with Crippen molar-refractivity contribution in [3.8, 4) is 11.8 Å². The van der Waals surface area contributed by atoms with E-state index < -0.39 is 28.6 Å². The van der Waals surface area contributed by atoms with Crippen LogP contribution in [-0.4, -0.2) is 56.6 Å². The number of sulfonamides is 1. The van der Waals surface area contributed by atoms with Crippen LogP contribution in [0, 0.1) is 11.3 Å². The summed E-state index contributed by atoms with van der Waals surface area (Å²) in [5.74, 6) is -0.308. The first-order chi connectivity index (χ1) is 14.1. The molecule has 0 radical (unpaired) electrons. The van der Waals surface area contributed by atoms with E-state index in [0.717, 1.165) is 4.31 Å². The largest absolute Gasteiger partial charge is 0.489 e. The highest BCUT2D eigenvalue weighted by molar-refractivity contribution is 7.89. The summed E-state index contributed by atoms with van der Waals surface area (Å²) in [4.78, 5) is 12.0. The Morgan fingerprint density at radius 2 is 1.93 bits per heavy atom. The van der Waals surface area contributed by atoms with Crippen LogP contribution in [0.2, 0.25) is 10.0 Å². The fourth-order valence-electron chi connectivity index (χ4n) is 2.30. The number of carbonyl (C=O) groups is 1. The van der Waals surface area contributed by atoms with Crippen LogP contribution in [0.15, 0.2) is 47.4 Å². The van der Waals surface area contributed by atoms with Gasteiger partial charge in [-0.2, -0.15) is 9.57 Å². The molecule has 1 unspecified atom stereocenters. The Morgan fingerprint density at radius 1 is 1.27 bits per heavy atom. The fraction of sp³-hybridized carbons (Fsp3) is 0.263. The molecule has 0 aliphatic heterocycles. The third kappa shape index (κ3) is 6.32. The van der Waals surface area contributed by atoms with Crippen molar-refractivity contribution >= 4 is 39.1 Å². The molecule has 0 saturated carbocycles. The summed E-state index contributed by atoms with van der Waals surface area (Å²) in [5, 5.41) is 21.7. The molecule has 160 valence electrons. The van der Waals surface area contributed by atoms with Gasteiger partial charge in [0.25, 0.3) is 0 Å². The van der Waals surface area contributed by atoms with Gasteiger partial charge in [0.15, 0.2) is 0 Å². The standard InChI is InChI=1S/C19H19Cl2N3O5S/c1-24(30(27,28)15-7-5-13(9-22)6-8-15)11-18(26)23-10-14(25)12-29-17-4-2-3-16(20)19(17)21/h2-8,14,25H,10-12H2,1H3,(H,23,26). The van der Waals surface area contributed by atoms with E-state index in [9.17, 15) is 18.3 Å². The van der Waals surface area contributed by atoms with Crippen molar-refractivity contribution in [2.24, 2.45) is 0 Å². The Kier molecular flexibility index (Phi) is 8.46. The summed E-state index contributed by atoms with van der Waals surface area (Å²) >= 11 is 11.9. The van der Waals surface area contributed by atoms with Crippen LogP contribution in [0.5, 0.6) is 5.75 Å². The van der Waals surface area contributed by atoms with E-state index >= 15 is 0 Å². The van der Waals surface area contributed by atoms with Gasteiger partial charge < -0.3 is 15.2 Å². The molecular weight excluding hydrogens is 453 g/mol. The first-order valence-corrected chi connectivity index (χ1v) is 10.8. The fourth-order valence-corrected chi connectivity index (χ4v) is 3.77. The molecule has 0 aliphatic carbocycles. The smallest absolute Gasteiger partial charge is 0.243 e. The third-order valence-corrected chi connectivity index (χ3v) is 6.56. The number of halogens is 2. The number of aliphatic hydroxyl groups is 1. The zero-order valence-corrected chi connectivity index (χ0v) is 18.2. The summed E-state index contributed by atoms with van der Waals surface area (Å²) in [5.41, 5.74) is 0.324. The molecular formula is C19H19Cl2N3O5S. The molecule has 2 rings (SSSR count). The monoisotopic (exact) mass is 471 g/mol. The highest BCUT2D eigenvalue weighted by Gasteiger charge is 2.23. The van der Waals surface area contributed by atoms with Crippen LogP contribution in [0.1, 0.15) is 5.56 Å². The summed E-state index contributed by atoms with van der Waals surface area (Å²) in [7, 11) is -2.65. The Balaban J connectivity index is 1.84. The number of nitrogens with one attached hydrogen (secondary N) is 1. The lowest BCUT2D eigenvalue weighted by atomic mass is 10.2. The molecule has 0 aliphatic rings. The van der Waals surface area contributed by atoms with Gasteiger partial charge in [-0.15, -0.1) is 0 Å². The second-order valence-electron chi connectivity index (χ2n) is 6.22. The molecule has 8 nitrogen and oxygen atoms in total. The second kappa shape index (κ2) is 10.6. The Hall–Kier alpha value is -2.35. The Bertz CT molecular complexity index is 1040. The molecule has 0 saturated heterocycles. The lowest BCUT2D eigenvalue weighted by molar-refractivity contribution is -0.121. The number of amides is 1. The summed E-state index contributed by atoms with van der Waals surface area (Å²) in [6, 6.07) is 12.1. The SMILES string of the molecule is CN(CC(=O)NCC(O)COc1cccc(Cl)c1Cl)S(=O)(=O)c1ccc(C#N)cc1. The molecule has 0 fully saturated rings. The summed E-state index contributed by atoms with van der Waals surface area (Å²) in [6.07, 6.45) is -1.05. The number of rotatable bonds is 9. The molecule has 0 spiro atoms. The normalized spacial score (nSPS) is 12.3. The minimum absolute atomic E-state index is 0.0383. The molecule has 0 heterocycles. The van der Waals surface area contributed by atoms with Crippen LogP contribution in [0.25, 0.3) is 0 Å². The van der Waals surface area contributed by atoms with Crippen LogP contribution < -0.4 is 10.1 Å². The number of nitrogens with zero attached hydrogens (tertiary/aromatic N) is 2.